The average Bonchev–Trinajstić information content (AvgIpc) is 2.32. The topological polar surface area (TPSA) is 41.7 Å². The van der Waals surface area contributed by atoms with Gasteiger partial charge in [0.25, 0.3) is 0 Å². The SMILES string of the molecule is CC/C(=C\C=C(\N)COC)N1CCN(C)CC1. The van der Waals surface area contributed by atoms with Crippen LogP contribution in [-0.2, 0) is 4.74 Å². The Labute approximate surface area is 105 Å². The van der Waals surface area contributed by atoms with E-state index in [-0.39, 0.29) is 0 Å². The van der Waals surface area contributed by atoms with Gasteiger partial charge in [-0.15, -0.1) is 0 Å². The first-order chi connectivity index (χ1) is 8.17. The van der Waals surface area contributed by atoms with Crippen molar-refractivity contribution in [1.82, 2.24) is 9.80 Å². The molecular formula is C13H25N3O. The first-order valence-electron chi connectivity index (χ1n) is 6.25. The molecule has 1 fully saturated rings. The minimum Gasteiger partial charge on any atom is -0.400 e. The smallest absolute Gasteiger partial charge is 0.0856 e. The second-order valence-corrected chi connectivity index (χ2v) is 4.48. The van der Waals surface area contributed by atoms with E-state index in [0.717, 1.165) is 38.3 Å². The van der Waals surface area contributed by atoms with Crippen molar-refractivity contribution in [3.8, 4) is 0 Å². The monoisotopic (exact) mass is 239 g/mol. The van der Waals surface area contributed by atoms with Gasteiger partial charge < -0.3 is 20.3 Å². The Morgan fingerprint density at radius 2 is 1.88 bits per heavy atom. The molecule has 0 aliphatic carbocycles. The number of methoxy groups -OCH3 is 1. The van der Waals surface area contributed by atoms with Gasteiger partial charge in [-0.2, -0.15) is 0 Å². The standard InChI is InChI=1S/C13H25N3O/c1-4-13(6-5-12(14)11-17-3)16-9-7-15(2)8-10-16/h5-6H,4,7-11,14H2,1-3H3/b12-5+,13-6+. The largest absolute Gasteiger partial charge is 0.400 e. The van der Waals surface area contributed by atoms with E-state index >= 15 is 0 Å². The third kappa shape index (κ3) is 4.79. The second-order valence-electron chi connectivity index (χ2n) is 4.48. The van der Waals surface area contributed by atoms with Crippen LogP contribution < -0.4 is 5.73 Å². The molecule has 0 spiro atoms. The number of piperazine rings is 1. The summed E-state index contributed by atoms with van der Waals surface area (Å²) >= 11 is 0. The number of likely N-dealkylation sites (N-methyl/N-ethyl adjacent to an activating group) is 1. The normalized spacial score (nSPS) is 19.8. The molecule has 1 aliphatic heterocycles. The fraction of sp³-hybridized carbons (Fsp3) is 0.692. The maximum atomic E-state index is 5.80. The summed E-state index contributed by atoms with van der Waals surface area (Å²) in [5.41, 5.74) is 7.93. The Morgan fingerprint density at radius 3 is 2.41 bits per heavy atom. The summed E-state index contributed by atoms with van der Waals surface area (Å²) in [6.07, 6.45) is 5.13. The summed E-state index contributed by atoms with van der Waals surface area (Å²) in [5.74, 6) is 0. The summed E-state index contributed by atoms with van der Waals surface area (Å²) in [6, 6.07) is 0. The highest BCUT2D eigenvalue weighted by atomic mass is 16.5. The van der Waals surface area contributed by atoms with Gasteiger partial charge in [-0.25, -0.2) is 0 Å². The number of rotatable bonds is 5. The lowest BCUT2D eigenvalue weighted by Gasteiger charge is -2.35. The fourth-order valence-corrected chi connectivity index (χ4v) is 1.96. The molecule has 0 unspecified atom stereocenters. The summed E-state index contributed by atoms with van der Waals surface area (Å²) in [7, 11) is 3.83. The molecule has 0 bridgehead atoms. The lowest BCUT2D eigenvalue weighted by atomic mass is 10.2. The minimum absolute atomic E-state index is 0.496. The third-order valence-electron chi connectivity index (χ3n) is 3.07. The van der Waals surface area contributed by atoms with E-state index in [1.165, 1.54) is 5.70 Å². The van der Waals surface area contributed by atoms with Crippen molar-refractivity contribution in [3.63, 3.8) is 0 Å². The van der Waals surface area contributed by atoms with Crippen LogP contribution in [0.3, 0.4) is 0 Å². The zero-order valence-electron chi connectivity index (χ0n) is 11.3. The van der Waals surface area contributed by atoms with E-state index in [9.17, 15) is 0 Å². The first kappa shape index (κ1) is 14.1. The van der Waals surface area contributed by atoms with E-state index < -0.39 is 0 Å². The van der Waals surface area contributed by atoms with Crippen molar-refractivity contribution >= 4 is 0 Å². The van der Waals surface area contributed by atoms with Crippen molar-refractivity contribution < 1.29 is 4.74 Å². The summed E-state index contributed by atoms with van der Waals surface area (Å²) in [6.45, 7) is 7.16. The van der Waals surface area contributed by atoms with Crippen LogP contribution in [0, 0.1) is 0 Å². The molecule has 0 atom stereocenters. The maximum absolute atomic E-state index is 5.80. The molecule has 98 valence electrons. The van der Waals surface area contributed by atoms with E-state index in [1.807, 2.05) is 6.08 Å². The molecule has 4 nitrogen and oxygen atoms in total. The van der Waals surface area contributed by atoms with Crippen LogP contribution in [0.4, 0.5) is 0 Å². The number of nitrogens with zero attached hydrogens (tertiary/aromatic N) is 2. The predicted molar refractivity (Wildman–Crippen MR) is 71.6 cm³/mol. The number of hydrogen-bond donors (Lipinski definition) is 1. The van der Waals surface area contributed by atoms with Gasteiger partial charge >= 0.3 is 0 Å². The maximum Gasteiger partial charge on any atom is 0.0856 e. The van der Waals surface area contributed by atoms with Gasteiger partial charge in [0, 0.05) is 44.7 Å². The van der Waals surface area contributed by atoms with E-state index in [4.69, 9.17) is 10.5 Å². The molecule has 0 radical (unpaired) electrons. The molecule has 1 heterocycles. The zero-order valence-corrected chi connectivity index (χ0v) is 11.3. The van der Waals surface area contributed by atoms with Crippen LogP contribution in [0.15, 0.2) is 23.5 Å². The summed E-state index contributed by atoms with van der Waals surface area (Å²) < 4.78 is 4.99. The highest BCUT2D eigenvalue weighted by molar-refractivity contribution is 5.16. The van der Waals surface area contributed by atoms with Crippen LogP contribution in [-0.4, -0.2) is 56.7 Å². The highest BCUT2D eigenvalue weighted by Crippen LogP contribution is 2.12. The summed E-state index contributed by atoms with van der Waals surface area (Å²) in [4.78, 5) is 4.80. The molecule has 2 N–H and O–H groups in total. The quantitative estimate of drug-likeness (QED) is 0.727. The van der Waals surface area contributed by atoms with Gasteiger partial charge in [-0.3, -0.25) is 0 Å². The van der Waals surface area contributed by atoms with Crippen LogP contribution in [0.2, 0.25) is 0 Å². The average molecular weight is 239 g/mol. The Bertz CT molecular complexity index is 278. The minimum atomic E-state index is 0.496. The van der Waals surface area contributed by atoms with Crippen molar-refractivity contribution in [1.29, 1.82) is 0 Å². The van der Waals surface area contributed by atoms with Gasteiger partial charge in [-0.1, -0.05) is 6.92 Å². The van der Waals surface area contributed by atoms with Gasteiger partial charge in [-0.05, 0) is 25.6 Å². The lowest BCUT2D eigenvalue weighted by molar-refractivity contribution is 0.183. The first-order valence-corrected chi connectivity index (χ1v) is 6.25. The molecule has 0 amide bonds. The van der Waals surface area contributed by atoms with Gasteiger partial charge in [0.1, 0.15) is 0 Å². The number of allylic oxidation sites excluding steroid dienone is 3. The van der Waals surface area contributed by atoms with Crippen LogP contribution in [0.1, 0.15) is 13.3 Å². The van der Waals surface area contributed by atoms with Crippen molar-refractivity contribution in [2.45, 2.75) is 13.3 Å². The Morgan fingerprint density at radius 1 is 1.24 bits per heavy atom. The molecule has 1 aliphatic rings. The van der Waals surface area contributed by atoms with E-state index in [2.05, 4.69) is 29.8 Å². The Kier molecular flexibility index (Phi) is 6.08. The predicted octanol–water partition coefficient (Wildman–Crippen LogP) is 1.02. The van der Waals surface area contributed by atoms with Gasteiger partial charge in [0.2, 0.25) is 0 Å². The van der Waals surface area contributed by atoms with Crippen LogP contribution >= 0.6 is 0 Å². The molecule has 0 aromatic rings. The molecule has 1 rings (SSSR count). The molecular weight excluding hydrogens is 214 g/mol. The van der Waals surface area contributed by atoms with Crippen molar-refractivity contribution in [2.75, 3.05) is 46.9 Å². The molecule has 0 aromatic carbocycles. The number of nitrogens with two attached hydrogens (primary N) is 1. The van der Waals surface area contributed by atoms with Gasteiger partial charge in [0.15, 0.2) is 0 Å². The highest BCUT2D eigenvalue weighted by Gasteiger charge is 2.14. The fourth-order valence-electron chi connectivity index (χ4n) is 1.96. The number of ether oxygens (including phenoxy) is 1. The van der Waals surface area contributed by atoms with Crippen LogP contribution in [0.25, 0.3) is 0 Å². The molecule has 0 saturated carbocycles. The molecule has 1 saturated heterocycles. The van der Waals surface area contributed by atoms with Crippen molar-refractivity contribution in [3.05, 3.63) is 23.5 Å². The van der Waals surface area contributed by atoms with Crippen LogP contribution in [0.5, 0.6) is 0 Å². The molecule has 0 aromatic heterocycles. The van der Waals surface area contributed by atoms with E-state index in [1.54, 1.807) is 7.11 Å². The van der Waals surface area contributed by atoms with Gasteiger partial charge in [0.05, 0.1) is 6.61 Å². The Balaban J connectivity index is 2.58. The third-order valence-corrected chi connectivity index (χ3v) is 3.07. The lowest BCUT2D eigenvalue weighted by Crippen LogP contribution is -2.43. The molecule has 4 heteroatoms. The zero-order chi connectivity index (χ0) is 12.7. The van der Waals surface area contributed by atoms with Crippen molar-refractivity contribution in [2.24, 2.45) is 5.73 Å². The van der Waals surface area contributed by atoms with E-state index in [0.29, 0.717) is 6.61 Å². The molecule has 17 heavy (non-hydrogen) atoms. The Hall–Kier alpha value is -1.00. The number of hydrogen-bond acceptors (Lipinski definition) is 4. The second kappa shape index (κ2) is 7.35. The summed E-state index contributed by atoms with van der Waals surface area (Å²) in [5, 5.41) is 0.